The molecule has 0 unspecified atom stereocenters. The Morgan fingerprint density at radius 2 is 2.10 bits per heavy atom. The molecule has 7 nitrogen and oxygen atoms in total. The molecule has 0 saturated carbocycles. The van der Waals surface area contributed by atoms with Crippen LogP contribution in [0, 0.1) is 0 Å². The van der Waals surface area contributed by atoms with Crippen LogP contribution in [-0.2, 0) is 24.9 Å². The highest BCUT2D eigenvalue weighted by Crippen LogP contribution is 2.23. The van der Waals surface area contributed by atoms with Gasteiger partial charge in [0.05, 0.1) is 6.54 Å². The Morgan fingerprint density at radius 1 is 1.31 bits per heavy atom. The molecule has 3 heterocycles. The Labute approximate surface area is 169 Å². The second-order valence-electron chi connectivity index (χ2n) is 7.37. The van der Waals surface area contributed by atoms with E-state index < -0.39 is 0 Å². The summed E-state index contributed by atoms with van der Waals surface area (Å²) in [7, 11) is 5.53. The highest BCUT2D eigenvalue weighted by Gasteiger charge is 2.20. The lowest BCUT2D eigenvalue weighted by molar-refractivity contribution is -0.125. The van der Waals surface area contributed by atoms with Crippen molar-refractivity contribution in [3.63, 3.8) is 0 Å². The average molecular weight is 389 g/mol. The summed E-state index contributed by atoms with van der Waals surface area (Å²) < 4.78 is 2.08. The minimum Gasteiger partial charge on any atom is -0.350 e. The van der Waals surface area contributed by atoms with Crippen molar-refractivity contribution in [1.29, 1.82) is 0 Å². The first kappa shape index (κ1) is 18.7. The van der Waals surface area contributed by atoms with Crippen LogP contribution in [0.1, 0.15) is 16.7 Å². The lowest BCUT2D eigenvalue weighted by Gasteiger charge is -2.25. The zero-order valence-electron chi connectivity index (χ0n) is 16.7. The van der Waals surface area contributed by atoms with Crippen molar-refractivity contribution < 1.29 is 9.59 Å². The van der Waals surface area contributed by atoms with Gasteiger partial charge in [-0.05, 0) is 29.3 Å². The van der Waals surface area contributed by atoms with E-state index in [9.17, 15) is 9.59 Å². The molecular formula is C22H23N5O2. The van der Waals surface area contributed by atoms with Crippen molar-refractivity contribution in [2.45, 2.75) is 13.1 Å². The smallest absolute Gasteiger partial charge is 0.323 e. The monoisotopic (exact) mass is 389 g/mol. The SMILES string of the molecule is CN(Cc1cn(C)c2ccccc12)C(=O)C=Cc1cnc2c(c1)CN(C)C(=O)N2. The first-order valence-electron chi connectivity index (χ1n) is 9.39. The molecule has 7 heteroatoms. The Bertz CT molecular complexity index is 1130. The quantitative estimate of drug-likeness (QED) is 0.697. The summed E-state index contributed by atoms with van der Waals surface area (Å²) in [4.78, 5) is 31.8. The largest absolute Gasteiger partial charge is 0.350 e. The van der Waals surface area contributed by atoms with Crippen LogP contribution in [0.4, 0.5) is 10.6 Å². The number of urea groups is 1. The van der Waals surface area contributed by atoms with E-state index in [2.05, 4.69) is 33.2 Å². The van der Waals surface area contributed by atoms with Gasteiger partial charge in [0.15, 0.2) is 0 Å². The molecule has 1 aliphatic rings. The molecule has 29 heavy (non-hydrogen) atoms. The first-order chi connectivity index (χ1) is 13.9. The van der Waals surface area contributed by atoms with Gasteiger partial charge in [-0.15, -0.1) is 0 Å². The molecule has 3 amide bonds. The van der Waals surface area contributed by atoms with Crippen LogP contribution in [0.15, 0.2) is 48.8 Å². The van der Waals surface area contributed by atoms with Gasteiger partial charge in [-0.2, -0.15) is 0 Å². The second-order valence-corrected chi connectivity index (χ2v) is 7.37. The van der Waals surface area contributed by atoms with Gasteiger partial charge >= 0.3 is 6.03 Å². The predicted molar refractivity (Wildman–Crippen MR) is 113 cm³/mol. The molecule has 1 aliphatic heterocycles. The van der Waals surface area contributed by atoms with Crippen LogP contribution >= 0.6 is 0 Å². The number of nitrogens with one attached hydrogen (secondary N) is 1. The summed E-state index contributed by atoms with van der Waals surface area (Å²) in [6.45, 7) is 1.02. The molecule has 1 N–H and O–H groups in total. The normalized spacial score (nSPS) is 13.6. The number of carbonyl (C=O) groups excluding carboxylic acids is 2. The van der Waals surface area contributed by atoms with Gasteiger partial charge in [0.25, 0.3) is 0 Å². The Morgan fingerprint density at radius 3 is 2.93 bits per heavy atom. The van der Waals surface area contributed by atoms with Crippen molar-refractivity contribution >= 4 is 34.7 Å². The van der Waals surface area contributed by atoms with Crippen molar-refractivity contribution in [1.82, 2.24) is 19.4 Å². The molecule has 0 aliphatic carbocycles. The van der Waals surface area contributed by atoms with E-state index in [1.165, 1.54) is 0 Å². The van der Waals surface area contributed by atoms with Crippen LogP contribution in [0.25, 0.3) is 17.0 Å². The minimum atomic E-state index is -0.168. The minimum absolute atomic E-state index is 0.0823. The molecule has 0 fully saturated rings. The third-order valence-electron chi connectivity index (χ3n) is 5.15. The number of benzene rings is 1. The van der Waals surface area contributed by atoms with E-state index in [1.807, 2.05) is 25.2 Å². The van der Waals surface area contributed by atoms with Crippen LogP contribution < -0.4 is 5.32 Å². The number of pyridine rings is 1. The number of rotatable bonds is 4. The van der Waals surface area contributed by atoms with Crippen LogP contribution in [-0.4, -0.2) is 45.4 Å². The van der Waals surface area contributed by atoms with E-state index in [4.69, 9.17) is 0 Å². The summed E-state index contributed by atoms with van der Waals surface area (Å²) in [6, 6.07) is 9.94. The van der Waals surface area contributed by atoms with Gasteiger partial charge < -0.3 is 14.4 Å². The summed E-state index contributed by atoms with van der Waals surface area (Å²) in [6.07, 6.45) is 7.03. The van der Waals surface area contributed by atoms with Gasteiger partial charge in [-0.25, -0.2) is 9.78 Å². The predicted octanol–water partition coefficient (Wildman–Crippen LogP) is 3.22. The van der Waals surface area contributed by atoms with Crippen molar-refractivity contribution in [3.8, 4) is 0 Å². The number of nitrogens with zero attached hydrogens (tertiary/aromatic N) is 4. The number of likely N-dealkylation sites (N-methyl/N-ethyl adjacent to an activating group) is 1. The zero-order chi connectivity index (χ0) is 20.5. The maximum Gasteiger partial charge on any atom is 0.323 e. The number of aromatic nitrogens is 2. The van der Waals surface area contributed by atoms with E-state index in [0.29, 0.717) is 18.9 Å². The maximum atomic E-state index is 12.6. The molecule has 3 aromatic rings. The Kier molecular flexibility index (Phi) is 4.80. The van der Waals surface area contributed by atoms with Crippen LogP contribution in [0.2, 0.25) is 0 Å². The molecule has 0 radical (unpaired) electrons. The number of aryl methyl sites for hydroxylation is 1. The molecule has 2 aromatic heterocycles. The molecule has 0 spiro atoms. The standard InChI is InChI=1S/C22H23N5O2/c1-25-13-17(18-6-4-5-7-19(18)25)14-26(2)20(28)9-8-15-10-16-12-27(3)22(29)24-21(16)23-11-15/h4-11,13H,12,14H2,1-3H3,(H,23,24,29). The summed E-state index contributed by atoms with van der Waals surface area (Å²) in [5.41, 5.74) is 4.00. The van der Waals surface area contributed by atoms with Crippen LogP contribution in [0.3, 0.4) is 0 Å². The van der Waals surface area contributed by atoms with E-state index >= 15 is 0 Å². The third kappa shape index (κ3) is 3.71. The highest BCUT2D eigenvalue weighted by molar-refractivity contribution is 5.93. The first-order valence-corrected chi connectivity index (χ1v) is 9.39. The Hall–Kier alpha value is -3.61. The summed E-state index contributed by atoms with van der Waals surface area (Å²) in [5.74, 6) is 0.491. The van der Waals surface area contributed by atoms with Gasteiger partial charge in [0.1, 0.15) is 5.82 Å². The molecule has 0 bridgehead atoms. The van der Waals surface area contributed by atoms with Gasteiger partial charge in [-0.1, -0.05) is 18.2 Å². The van der Waals surface area contributed by atoms with Gasteiger partial charge in [0, 0.05) is 62.6 Å². The second kappa shape index (κ2) is 7.43. The molecule has 4 rings (SSSR count). The lowest BCUT2D eigenvalue weighted by atomic mass is 10.1. The van der Waals surface area contributed by atoms with Crippen molar-refractivity contribution in [2.75, 3.05) is 19.4 Å². The zero-order valence-corrected chi connectivity index (χ0v) is 16.7. The molecular weight excluding hydrogens is 366 g/mol. The number of hydrogen-bond donors (Lipinski definition) is 1. The van der Waals surface area contributed by atoms with Gasteiger partial charge in [-0.3, -0.25) is 10.1 Å². The average Bonchev–Trinajstić information content (AvgIpc) is 3.02. The topological polar surface area (TPSA) is 70.5 Å². The fraction of sp³-hybridized carbons (Fsp3) is 0.227. The van der Waals surface area contributed by atoms with E-state index in [1.54, 1.807) is 42.2 Å². The Balaban J connectivity index is 1.47. The molecule has 1 aromatic carbocycles. The lowest BCUT2D eigenvalue weighted by Crippen LogP contribution is -2.35. The molecule has 0 saturated heterocycles. The number of anilines is 1. The number of carbonyl (C=O) groups is 2. The summed E-state index contributed by atoms with van der Waals surface area (Å²) >= 11 is 0. The van der Waals surface area contributed by atoms with Crippen LogP contribution in [0.5, 0.6) is 0 Å². The number of para-hydroxylation sites is 1. The van der Waals surface area contributed by atoms with Crippen molar-refractivity contribution in [3.05, 3.63) is 65.5 Å². The number of fused-ring (bicyclic) bond motifs is 2. The van der Waals surface area contributed by atoms with E-state index in [-0.39, 0.29) is 11.9 Å². The fourth-order valence-electron chi connectivity index (χ4n) is 3.56. The number of amides is 3. The van der Waals surface area contributed by atoms with Crippen molar-refractivity contribution in [2.24, 2.45) is 7.05 Å². The fourth-order valence-corrected chi connectivity index (χ4v) is 3.56. The highest BCUT2D eigenvalue weighted by atomic mass is 16.2. The number of hydrogen-bond acceptors (Lipinski definition) is 3. The summed E-state index contributed by atoms with van der Waals surface area (Å²) in [5, 5.41) is 3.89. The molecule has 148 valence electrons. The molecule has 0 atom stereocenters. The van der Waals surface area contributed by atoms with Gasteiger partial charge in [0.2, 0.25) is 5.91 Å². The van der Waals surface area contributed by atoms with E-state index in [0.717, 1.165) is 27.6 Å². The maximum absolute atomic E-state index is 12.6. The third-order valence-corrected chi connectivity index (χ3v) is 5.15.